The smallest absolute Gasteiger partial charge is 0.218 e. The number of halogens is 4. The van der Waals surface area contributed by atoms with Crippen molar-refractivity contribution in [3.8, 4) is 0 Å². The minimum Gasteiger partial charge on any atom is -0.218 e. The molecular formula is C5HBrCl2IN4P. The summed E-state index contributed by atoms with van der Waals surface area (Å²) in [4.78, 5) is 7.92. The molecule has 14 heavy (non-hydrogen) atoms. The van der Waals surface area contributed by atoms with E-state index in [4.69, 9.17) is 23.2 Å². The van der Waals surface area contributed by atoms with Crippen LogP contribution >= 0.6 is 67.5 Å². The SMILES string of the molecule is Clc1nc(Cl)c2c(Br)nn(PI)c2n1. The van der Waals surface area contributed by atoms with Gasteiger partial charge in [-0.25, -0.2) is 9.44 Å². The van der Waals surface area contributed by atoms with Crippen molar-refractivity contribution in [1.29, 1.82) is 0 Å². The summed E-state index contributed by atoms with van der Waals surface area (Å²) >= 11 is 17.1. The lowest BCUT2D eigenvalue weighted by molar-refractivity contribution is 1.00. The van der Waals surface area contributed by atoms with Crippen molar-refractivity contribution in [3.05, 3.63) is 15.0 Å². The molecule has 9 heteroatoms. The molecular weight excluding hydrogens is 425 g/mol. The Kier molecular flexibility index (Phi) is 3.48. The van der Waals surface area contributed by atoms with E-state index in [1.54, 1.807) is 4.45 Å². The Balaban J connectivity index is 2.89. The molecule has 2 heterocycles. The number of hydrogen-bond donors (Lipinski definition) is 0. The van der Waals surface area contributed by atoms with E-state index < -0.39 is 0 Å². The van der Waals surface area contributed by atoms with E-state index in [-0.39, 0.29) is 5.28 Å². The van der Waals surface area contributed by atoms with Gasteiger partial charge >= 0.3 is 0 Å². The molecule has 74 valence electrons. The highest BCUT2D eigenvalue weighted by Gasteiger charge is 2.14. The van der Waals surface area contributed by atoms with Gasteiger partial charge in [-0.15, -0.1) is 0 Å². The third-order valence-corrected chi connectivity index (χ3v) is 4.33. The molecule has 0 bridgehead atoms. The van der Waals surface area contributed by atoms with Crippen LogP contribution in [0.15, 0.2) is 4.60 Å². The van der Waals surface area contributed by atoms with E-state index in [1.807, 2.05) is 0 Å². The van der Waals surface area contributed by atoms with Crippen LogP contribution in [0.25, 0.3) is 11.0 Å². The molecule has 0 fully saturated rings. The third-order valence-electron chi connectivity index (χ3n) is 1.49. The topological polar surface area (TPSA) is 43.6 Å². The Hall–Kier alpha value is 0.770. The minimum absolute atomic E-state index is 0.130. The average Bonchev–Trinajstić information content (AvgIpc) is 2.42. The summed E-state index contributed by atoms with van der Waals surface area (Å²) in [6, 6.07) is 0. The molecule has 4 nitrogen and oxygen atoms in total. The van der Waals surface area contributed by atoms with Crippen molar-refractivity contribution in [2.24, 2.45) is 0 Å². The lowest BCUT2D eigenvalue weighted by Crippen LogP contribution is -1.89. The summed E-state index contributed by atoms with van der Waals surface area (Å²) in [6.07, 6.45) is 0.435. The molecule has 0 N–H and O–H groups in total. The van der Waals surface area contributed by atoms with Gasteiger partial charge < -0.3 is 0 Å². The molecule has 0 aliphatic heterocycles. The molecule has 0 aromatic carbocycles. The van der Waals surface area contributed by atoms with Crippen LogP contribution in [-0.2, 0) is 0 Å². The molecule has 0 saturated carbocycles. The van der Waals surface area contributed by atoms with Crippen LogP contribution in [0, 0.1) is 0 Å². The van der Waals surface area contributed by atoms with Crippen LogP contribution in [0.3, 0.4) is 0 Å². The van der Waals surface area contributed by atoms with E-state index in [9.17, 15) is 0 Å². The third kappa shape index (κ3) is 1.87. The molecule has 2 rings (SSSR count). The fourth-order valence-electron chi connectivity index (χ4n) is 0.972. The number of hydrogen-bond acceptors (Lipinski definition) is 3. The van der Waals surface area contributed by atoms with Crippen LogP contribution in [0.2, 0.25) is 10.4 Å². The molecule has 0 aliphatic rings. The van der Waals surface area contributed by atoms with E-state index in [2.05, 4.69) is 53.0 Å². The van der Waals surface area contributed by atoms with E-state index in [0.717, 1.165) is 0 Å². The molecule has 1 unspecified atom stereocenters. The lowest BCUT2D eigenvalue weighted by Gasteiger charge is -1.96. The molecule has 1 atom stereocenters. The standard InChI is InChI=1S/C5HBrCl2IN4P/c6-2-1-3(7)10-5(8)11-4(1)13(12-2)14-9/h14H. The molecule has 0 spiro atoms. The van der Waals surface area contributed by atoms with Gasteiger partial charge in [-0.3, -0.25) is 0 Å². The summed E-state index contributed by atoms with van der Waals surface area (Å²) in [5.41, 5.74) is 0.648. The molecule has 0 amide bonds. The van der Waals surface area contributed by atoms with Gasteiger partial charge in [0.15, 0.2) is 5.65 Å². The summed E-state index contributed by atoms with van der Waals surface area (Å²) in [5.74, 6) is 0. The van der Waals surface area contributed by atoms with Crippen molar-refractivity contribution < 1.29 is 0 Å². The van der Waals surface area contributed by atoms with Gasteiger partial charge in [0.25, 0.3) is 0 Å². The Morgan fingerprint density at radius 3 is 2.71 bits per heavy atom. The highest BCUT2D eigenvalue weighted by molar-refractivity contribution is 14.2. The first-order chi connectivity index (χ1) is 6.63. The van der Waals surface area contributed by atoms with Crippen LogP contribution in [-0.4, -0.2) is 19.5 Å². The van der Waals surface area contributed by atoms with Gasteiger partial charge in [0.1, 0.15) is 9.76 Å². The second-order valence-corrected chi connectivity index (χ2v) is 5.76. The maximum Gasteiger partial charge on any atom is 0.225 e. The molecule has 0 saturated heterocycles. The minimum atomic E-state index is 0.130. The zero-order valence-electron chi connectivity index (χ0n) is 6.30. The Morgan fingerprint density at radius 2 is 2.07 bits per heavy atom. The quantitative estimate of drug-likeness (QED) is 0.303. The van der Waals surface area contributed by atoms with Crippen molar-refractivity contribution in [2.75, 3.05) is 0 Å². The monoisotopic (exact) mass is 424 g/mol. The average molecular weight is 426 g/mol. The van der Waals surface area contributed by atoms with Crippen molar-refractivity contribution in [3.63, 3.8) is 0 Å². The van der Waals surface area contributed by atoms with Crippen LogP contribution < -0.4 is 0 Å². The van der Waals surface area contributed by atoms with Gasteiger partial charge in [0.2, 0.25) is 5.28 Å². The summed E-state index contributed by atoms with van der Waals surface area (Å²) in [5, 5.41) is 5.34. The molecule has 0 aliphatic carbocycles. The summed E-state index contributed by atoms with van der Waals surface area (Å²) in [7, 11) is 0. The Morgan fingerprint density at radius 1 is 1.36 bits per heavy atom. The Labute approximate surface area is 112 Å². The number of rotatable bonds is 1. The maximum absolute atomic E-state index is 5.92. The molecule has 2 aromatic heterocycles. The van der Waals surface area contributed by atoms with Crippen molar-refractivity contribution in [1.82, 2.24) is 19.5 Å². The zero-order valence-corrected chi connectivity index (χ0v) is 12.6. The Bertz CT molecular complexity index is 504. The predicted molar refractivity (Wildman–Crippen MR) is 70.8 cm³/mol. The predicted octanol–water partition coefficient (Wildman–Crippen LogP) is 3.69. The second-order valence-electron chi connectivity index (χ2n) is 2.27. The van der Waals surface area contributed by atoms with Gasteiger partial charge in [-0.05, 0) is 49.6 Å². The first kappa shape index (κ1) is 11.3. The first-order valence-corrected chi connectivity index (χ1v) is 8.88. The van der Waals surface area contributed by atoms with E-state index in [0.29, 0.717) is 27.2 Å². The highest BCUT2D eigenvalue weighted by Crippen LogP contribution is 2.34. The van der Waals surface area contributed by atoms with Gasteiger partial charge in [-0.1, -0.05) is 11.6 Å². The normalized spacial score (nSPS) is 12.0. The molecule has 0 radical (unpaired) electrons. The van der Waals surface area contributed by atoms with Crippen molar-refractivity contribution >= 4 is 78.6 Å². The lowest BCUT2D eigenvalue weighted by atomic mass is 10.4. The number of aromatic nitrogens is 4. The van der Waals surface area contributed by atoms with Crippen LogP contribution in [0.4, 0.5) is 0 Å². The zero-order chi connectivity index (χ0) is 10.3. The van der Waals surface area contributed by atoms with E-state index >= 15 is 0 Å². The number of nitrogens with zero attached hydrogens (tertiary/aromatic N) is 4. The second kappa shape index (κ2) is 4.33. The fraction of sp³-hybridized carbons (Fsp3) is 0. The van der Waals surface area contributed by atoms with Crippen molar-refractivity contribution in [2.45, 2.75) is 0 Å². The largest absolute Gasteiger partial charge is 0.225 e. The van der Waals surface area contributed by atoms with Crippen LogP contribution in [0.5, 0.6) is 0 Å². The highest BCUT2D eigenvalue weighted by atomic mass is 127. The summed E-state index contributed by atoms with van der Waals surface area (Å²) < 4.78 is 2.36. The first-order valence-electron chi connectivity index (χ1n) is 3.27. The van der Waals surface area contributed by atoms with Gasteiger partial charge in [0, 0.05) is 0 Å². The number of fused-ring (bicyclic) bond motifs is 1. The summed E-state index contributed by atoms with van der Waals surface area (Å²) in [6.45, 7) is 0. The maximum atomic E-state index is 5.92. The van der Waals surface area contributed by atoms with E-state index in [1.165, 1.54) is 0 Å². The molecule has 2 aromatic rings. The van der Waals surface area contributed by atoms with Gasteiger partial charge in [-0.2, -0.15) is 10.1 Å². The van der Waals surface area contributed by atoms with Gasteiger partial charge in [0.05, 0.1) is 11.8 Å². The van der Waals surface area contributed by atoms with Crippen LogP contribution in [0.1, 0.15) is 0 Å². The fourth-order valence-corrected chi connectivity index (χ4v) is 3.61.